The van der Waals surface area contributed by atoms with Gasteiger partial charge in [-0.25, -0.2) is 4.39 Å². The van der Waals surface area contributed by atoms with Crippen molar-refractivity contribution in [2.45, 2.75) is 25.0 Å². The van der Waals surface area contributed by atoms with Crippen LogP contribution in [0.4, 0.5) is 4.39 Å². The molecule has 1 atom stereocenters. The van der Waals surface area contributed by atoms with Crippen LogP contribution in [0.3, 0.4) is 0 Å². The number of aliphatic hydroxyl groups is 1. The second kappa shape index (κ2) is 7.93. The summed E-state index contributed by atoms with van der Waals surface area (Å²) in [5, 5.41) is 9.79. The summed E-state index contributed by atoms with van der Waals surface area (Å²) in [7, 11) is 0. The molecular weight excluding hydrogens is 331 g/mol. The third-order valence-corrected chi connectivity index (χ3v) is 3.43. The van der Waals surface area contributed by atoms with Crippen LogP contribution in [0.2, 0.25) is 0 Å². The van der Waals surface area contributed by atoms with E-state index in [1.54, 1.807) is 6.07 Å². The molecule has 0 aromatic heterocycles. The molecule has 0 saturated carbocycles. The molecule has 112 valence electrons. The second-order valence-corrected chi connectivity index (χ2v) is 5.63. The number of benzene rings is 1. The Hall–Kier alpha value is -0.690. The van der Waals surface area contributed by atoms with Gasteiger partial charge in [-0.3, -0.25) is 0 Å². The number of aliphatic hydroxyl groups excluding tert-OH is 1. The summed E-state index contributed by atoms with van der Waals surface area (Å²) in [6.45, 7) is 1.68. The minimum absolute atomic E-state index is 0.0686. The average Bonchev–Trinajstić information content (AvgIpc) is 2.43. The Morgan fingerprint density at radius 2 is 2.05 bits per heavy atom. The Kier molecular flexibility index (Phi) is 6.22. The van der Waals surface area contributed by atoms with Gasteiger partial charge in [-0.15, -0.1) is 0 Å². The van der Waals surface area contributed by atoms with Crippen molar-refractivity contribution < 1.29 is 23.7 Å². The van der Waals surface area contributed by atoms with E-state index >= 15 is 0 Å². The van der Waals surface area contributed by atoms with Crippen LogP contribution in [0, 0.1) is 5.82 Å². The van der Waals surface area contributed by atoms with Crippen LogP contribution in [0.1, 0.15) is 12.8 Å². The average molecular weight is 349 g/mol. The highest BCUT2D eigenvalue weighted by Gasteiger charge is 2.16. The van der Waals surface area contributed by atoms with E-state index in [9.17, 15) is 9.50 Å². The van der Waals surface area contributed by atoms with E-state index in [-0.39, 0.29) is 25.1 Å². The van der Waals surface area contributed by atoms with Crippen LogP contribution in [-0.2, 0) is 9.47 Å². The molecule has 1 fully saturated rings. The molecule has 1 aliphatic rings. The number of rotatable bonds is 6. The lowest BCUT2D eigenvalue weighted by Gasteiger charge is -2.23. The van der Waals surface area contributed by atoms with Crippen LogP contribution in [0.5, 0.6) is 5.75 Å². The second-order valence-electron chi connectivity index (χ2n) is 4.72. The molecule has 0 radical (unpaired) electrons. The Morgan fingerprint density at radius 3 is 2.75 bits per heavy atom. The summed E-state index contributed by atoms with van der Waals surface area (Å²) in [5.41, 5.74) is 0. The molecule has 1 saturated heterocycles. The third kappa shape index (κ3) is 5.36. The quantitative estimate of drug-likeness (QED) is 0.858. The van der Waals surface area contributed by atoms with E-state index in [2.05, 4.69) is 15.9 Å². The zero-order chi connectivity index (χ0) is 14.4. The van der Waals surface area contributed by atoms with E-state index in [0.717, 1.165) is 12.8 Å². The third-order valence-electron chi connectivity index (χ3n) is 2.97. The van der Waals surface area contributed by atoms with Crippen molar-refractivity contribution in [1.29, 1.82) is 0 Å². The topological polar surface area (TPSA) is 47.9 Å². The summed E-state index contributed by atoms with van der Waals surface area (Å²) >= 11 is 3.18. The summed E-state index contributed by atoms with van der Waals surface area (Å²) in [5.74, 6) is -0.00990. The molecule has 0 spiro atoms. The molecule has 1 heterocycles. The largest absolute Gasteiger partial charge is 0.491 e. The molecule has 0 bridgehead atoms. The van der Waals surface area contributed by atoms with Crippen molar-refractivity contribution in [2.24, 2.45) is 0 Å². The zero-order valence-corrected chi connectivity index (χ0v) is 12.6. The van der Waals surface area contributed by atoms with Crippen LogP contribution < -0.4 is 4.74 Å². The molecule has 1 aromatic carbocycles. The summed E-state index contributed by atoms with van der Waals surface area (Å²) in [4.78, 5) is 0. The van der Waals surface area contributed by atoms with Crippen LogP contribution in [0.15, 0.2) is 22.7 Å². The Balaban J connectivity index is 1.70. The van der Waals surface area contributed by atoms with Crippen molar-refractivity contribution in [3.05, 3.63) is 28.5 Å². The van der Waals surface area contributed by atoms with Gasteiger partial charge in [0.25, 0.3) is 0 Å². The minimum Gasteiger partial charge on any atom is -0.491 e. The lowest BCUT2D eigenvalue weighted by atomic mass is 10.1. The molecule has 1 aliphatic heterocycles. The first kappa shape index (κ1) is 15.7. The number of ether oxygens (including phenoxy) is 3. The van der Waals surface area contributed by atoms with Gasteiger partial charge in [0.15, 0.2) is 0 Å². The highest BCUT2D eigenvalue weighted by Crippen LogP contribution is 2.20. The molecule has 6 heteroatoms. The highest BCUT2D eigenvalue weighted by molar-refractivity contribution is 9.10. The molecule has 0 aliphatic carbocycles. The maximum Gasteiger partial charge on any atom is 0.128 e. The predicted molar refractivity (Wildman–Crippen MR) is 75.4 cm³/mol. The smallest absolute Gasteiger partial charge is 0.128 e. The van der Waals surface area contributed by atoms with Gasteiger partial charge >= 0.3 is 0 Å². The van der Waals surface area contributed by atoms with E-state index in [1.165, 1.54) is 12.1 Å². The summed E-state index contributed by atoms with van der Waals surface area (Å²) in [6, 6.07) is 4.27. The van der Waals surface area contributed by atoms with Gasteiger partial charge in [0.1, 0.15) is 24.3 Å². The van der Waals surface area contributed by atoms with E-state index in [4.69, 9.17) is 14.2 Å². The van der Waals surface area contributed by atoms with Crippen LogP contribution in [0.25, 0.3) is 0 Å². The first-order valence-corrected chi connectivity index (χ1v) is 7.39. The zero-order valence-electron chi connectivity index (χ0n) is 11.1. The Morgan fingerprint density at radius 1 is 1.30 bits per heavy atom. The normalized spacial score (nSPS) is 17.9. The van der Waals surface area contributed by atoms with E-state index in [0.29, 0.717) is 23.4 Å². The molecule has 1 aromatic rings. The van der Waals surface area contributed by atoms with Crippen molar-refractivity contribution in [2.75, 3.05) is 26.4 Å². The van der Waals surface area contributed by atoms with Crippen molar-refractivity contribution in [3.8, 4) is 5.75 Å². The van der Waals surface area contributed by atoms with Gasteiger partial charge in [0.2, 0.25) is 0 Å². The molecule has 4 nitrogen and oxygen atoms in total. The molecule has 2 rings (SSSR count). The SMILES string of the molecule is OC(COc1cc(F)cc(Br)c1)COC1CCOCC1. The molecule has 20 heavy (non-hydrogen) atoms. The van der Waals surface area contributed by atoms with Crippen molar-refractivity contribution in [1.82, 2.24) is 0 Å². The maximum absolute atomic E-state index is 13.1. The minimum atomic E-state index is -0.736. The van der Waals surface area contributed by atoms with Gasteiger partial charge in [-0.1, -0.05) is 15.9 Å². The number of hydrogen-bond donors (Lipinski definition) is 1. The lowest BCUT2D eigenvalue weighted by molar-refractivity contribution is -0.0659. The van der Waals surface area contributed by atoms with Gasteiger partial charge < -0.3 is 19.3 Å². The first-order chi connectivity index (χ1) is 9.63. The van der Waals surface area contributed by atoms with Crippen LogP contribution in [-0.4, -0.2) is 43.7 Å². The van der Waals surface area contributed by atoms with E-state index in [1.807, 2.05) is 0 Å². The number of halogens is 2. The Labute approximate surface area is 126 Å². The van der Waals surface area contributed by atoms with Crippen molar-refractivity contribution >= 4 is 15.9 Å². The molecule has 1 N–H and O–H groups in total. The van der Waals surface area contributed by atoms with E-state index < -0.39 is 6.10 Å². The Bertz CT molecular complexity index is 403. The number of hydrogen-bond acceptors (Lipinski definition) is 4. The fraction of sp³-hybridized carbons (Fsp3) is 0.571. The lowest BCUT2D eigenvalue weighted by Crippen LogP contribution is -2.30. The maximum atomic E-state index is 13.1. The summed E-state index contributed by atoms with van der Waals surface area (Å²) < 4.78 is 29.9. The highest BCUT2D eigenvalue weighted by atomic mass is 79.9. The first-order valence-electron chi connectivity index (χ1n) is 6.60. The monoisotopic (exact) mass is 348 g/mol. The molecular formula is C14H18BrFO4. The molecule has 1 unspecified atom stereocenters. The summed E-state index contributed by atoms with van der Waals surface area (Å²) in [6.07, 6.45) is 1.11. The standard InChI is InChI=1S/C14H18BrFO4/c15-10-5-11(16)7-14(6-10)20-9-12(17)8-19-13-1-3-18-4-2-13/h5-7,12-13,17H,1-4,8-9H2. The fourth-order valence-electron chi connectivity index (χ4n) is 1.94. The molecule has 0 amide bonds. The predicted octanol–water partition coefficient (Wildman–Crippen LogP) is 2.52. The van der Waals surface area contributed by atoms with Gasteiger partial charge in [-0.2, -0.15) is 0 Å². The van der Waals surface area contributed by atoms with Crippen molar-refractivity contribution in [3.63, 3.8) is 0 Å². The van der Waals surface area contributed by atoms with Crippen LogP contribution >= 0.6 is 15.9 Å². The van der Waals surface area contributed by atoms with Gasteiger partial charge in [-0.05, 0) is 25.0 Å². The van der Waals surface area contributed by atoms with Gasteiger partial charge in [0, 0.05) is 23.8 Å². The van der Waals surface area contributed by atoms with Gasteiger partial charge in [0.05, 0.1) is 12.7 Å². The fourth-order valence-corrected chi connectivity index (χ4v) is 2.39.